The highest BCUT2D eigenvalue weighted by Gasteiger charge is 2.14. The van der Waals surface area contributed by atoms with Crippen molar-refractivity contribution in [2.75, 3.05) is 7.05 Å². The predicted molar refractivity (Wildman–Crippen MR) is 90.3 cm³/mol. The third-order valence-electron chi connectivity index (χ3n) is 3.51. The fourth-order valence-electron chi connectivity index (χ4n) is 2.40. The summed E-state index contributed by atoms with van der Waals surface area (Å²) in [4.78, 5) is 0. The van der Waals surface area contributed by atoms with Gasteiger partial charge in [0.25, 0.3) is 0 Å². The zero-order chi connectivity index (χ0) is 14.4. The Morgan fingerprint density at radius 2 is 1.85 bits per heavy atom. The van der Waals surface area contributed by atoms with Crippen LogP contribution in [0.3, 0.4) is 0 Å². The van der Waals surface area contributed by atoms with Gasteiger partial charge in [0.1, 0.15) is 0 Å². The Morgan fingerprint density at radius 3 is 2.55 bits per heavy atom. The Bertz CT molecular complexity index is 542. The van der Waals surface area contributed by atoms with Crippen LogP contribution in [0.5, 0.6) is 0 Å². The Kier molecular flexibility index (Phi) is 6.08. The minimum absolute atomic E-state index is 0.295. The maximum Gasteiger partial charge on any atom is 0.0595 e. The average Bonchev–Trinajstić information content (AvgIpc) is 2.48. The smallest absolute Gasteiger partial charge is 0.0595 e. The van der Waals surface area contributed by atoms with Crippen LogP contribution in [-0.2, 0) is 6.42 Å². The third kappa shape index (κ3) is 4.08. The number of hydrogen-bond acceptors (Lipinski definition) is 1. The van der Waals surface area contributed by atoms with Crippen LogP contribution in [0.1, 0.15) is 30.0 Å². The largest absolute Gasteiger partial charge is 0.313 e. The second kappa shape index (κ2) is 7.82. The third-order valence-corrected chi connectivity index (χ3v) is 4.82. The second-order valence-corrected chi connectivity index (χ2v) is 6.09. The van der Waals surface area contributed by atoms with Crippen LogP contribution in [0.4, 0.5) is 0 Å². The fourth-order valence-corrected chi connectivity index (χ4v) is 3.04. The van der Waals surface area contributed by atoms with Gasteiger partial charge < -0.3 is 5.32 Å². The van der Waals surface area contributed by atoms with Crippen LogP contribution in [0.25, 0.3) is 0 Å². The lowest BCUT2D eigenvalue weighted by Gasteiger charge is -2.18. The Labute approximate surface area is 134 Å². The van der Waals surface area contributed by atoms with Crippen LogP contribution in [0.15, 0.2) is 53.0 Å². The second-order valence-electron chi connectivity index (χ2n) is 4.86. The first kappa shape index (κ1) is 15.6. The van der Waals surface area contributed by atoms with Crippen molar-refractivity contribution in [3.63, 3.8) is 0 Å². The molecule has 0 heterocycles. The van der Waals surface area contributed by atoms with Crippen molar-refractivity contribution >= 4 is 27.5 Å². The van der Waals surface area contributed by atoms with Gasteiger partial charge >= 0.3 is 0 Å². The van der Waals surface area contributed by atoms with Crippen LogP contribution in [0, 0.1) is 0 Å². The standard InChI is InChI=1S/C17H19BrClN/c1-20-16(14-10-6-11-15(18)17(14)19)12-5-9-13-7-3-2-4-8-13/h2-4,6-8,10-11,16,20H,5,9,12H2,1H3. The van der Waals surface area contributed by atoms with Crippen molar-refractivity contribution in [2.24, 2.45) is 0 Å². The summed E-state index contributed by atoms with van der Waals surface area (Å²) in [5.74, 6) is 0. The Balaban J connectivity index is 1.97. The lowest BCUT2D eigenvalue weighted by atomic mass is 9.99. The first-order valence-corrected chi connectivity index (χ1v) is 8.04. The molecule has 0 aliphatic rings. The summed E-state index contributed by atoms with van der Waals surface area (Å²) in [5.41, 5.74) is 2.55. The van der Waals surface area contributed by atoms with E-state index in [2.05, 4.69) is 57.6 Å². The van der Waals surface area contributed by atoms with E-state index in [9.17, 15) is 0 Å². The van der Waals surface area contributed by atoms with Gasteiger partial charge in [0, 0.05) is 10.5 Å². The molecule has 1 atom stereocenters. The van der Waals surface area contributed by atoms with E-state index in [0.717, 1.165) is 34.3 Å². The van der Waals surface area contributed by atoms with Gasteiger partial charge in [0.15, 0.2) is 0 Å². The van der Waals surface area contributed by atoms with Gasteiger partial charge in [0.05, 0.1) is 5.02 Å². The molecule has 1 nitrogen and oxygen atoms in total. The maximum atomic E-state index is 6.38. The van der Waals surface area contributed by atoms with E-state index in [1.54, 1.807) is 0 Å². The molecule has 0 radical (unpaired) electrons. The molecule has 20 heavy (non-hydrogen) atoms. The topological polar surface area (TPSA) is 12.0 Å². The lowest BCUT2D eigenvalue weighted by molar-refractivity contribution is 0.527. The highest BCUT2D eigenvalue weighted by Crippen LogP contribution is 2.32. The average molecular weight is 353 g/mol. The van der Waals surface area contributed by atoms with Crippen LogP contribution in [-0.4, -0.2) is 7.05 Å². The van der Waals surface area contributed by atoms with Gasteiger partial charge in [-0.3, -0.25) is 0 Å². The molecule has 0 aliphatic heterocycles. The molecular weight excluding hydrogens is 334 g/mol. The van der Waals surface area contributed by atoms with Crippen molar-refractivity contribution in [3.8, 4) is 0 Å². The first-order chi connectivity index (χ1) is 9.72. The molecule has 1 N–H and O–H groups in total. The molecule has 2 rings (SSSR count). The summed E-state index contributed by atoms with van der Waals surface area (Å²) in [6, 6.07) is 17.0. The van der Waals surface area contributed by atoms with Crippen molar-refractivity contribution in [1.82, 2.24) is 5.32 Å². The predicted octanol–water partition coefficient (Wildman–Crippen LogP) is 5.39. The Morgan fingerprint density at radius 1 is 1.10 bits per heavy atom. The van der Waals surface area contributed by atoms with Crippen LogP contribution in [0.2, 0.25) is 5.02 Å². The van der Waals surface area contributed by atoms with E-state index >= 15 is 0 Å². The van der Waals surface area contributed by atoms with E-state index in [-0.39, 0.29) is 0 Å². The molecule has 0 amide bonds. The van der Waals surface area contributed by atoms with Crippen molar-refractivity contribution in [2.45, 2.75) is 25.3 Å². The van der Waals surface area contributed by atoms with Crippen molar-refractivity contribution in [1.29, 1.82) is 0 Å². The molecule has 2 aromatic rings. The first-order valence-electron chi connectivity index (χ1n) is 6.87. The minimum atomic E-state index is 0.295. The monoisotopic (exact) mass is 351 g/mol. The van der Waals surface area contributed by atoms with E-state index in [4.69, 9.17) is 11.6 Å². The zero-order valence-electron chi connectivity index (χ0n) is 11.6. The SMILES string of the molecule is CNC(CCCc1ccccc1)c1cccc(Br)c1Cl. The van der Waals surface area contributed by atoms with E-state index in [1.807, 2.05) is 19.2 Å². The zero-order valence-corrected chi connectivity index (χ0v) is 13.9. The number of nitrogens with one attached hydrogen (secondary N) is 1. The number of halogens is 2. The Hall–Kier alpha value is -0.830. The summed E-state index contributed by atoms with van der Waals surface area (Å²) < 4.78 is 0.958. The number of hydrogen-bond donors (Lipinski definition) is 1. The maximum absolute atomic E-state index is 6.38. The van der Waals surface area contributed by atoms with E-state index in [0.29, 0.717) is 6.04 Å². The molecule has 1 unspecified atom stereocenters. The molecule has 0 saturated heterocycles. The van der Waals surface area contributed by atoms with E-state index < -0.39 is 0 Å². The molecule has 3 heteroatoms. The molecule has 106 valence electrons. The molecule has 0 aliphatic carbocycles. The molecule has 0 bridgehead atoms. The quantitative estimate of drug-likeness (QED) is 0.735. The summed E-state index contributed by atoms with van der Waals surface area (Å²) in [6.07, 6.45) is 3.31. The normalized spacial score (nSPS) is 12.3. The molecule has 2 aromatic carbocycles. The summed E-state index contributed by atoms with van der Waals surface area (Å²) in [7, 11) is 1.99. The minimum Gasteiger partial charge on any atom is -0.313 e. The number of aryl methyl sites for hydroxylation is 1. The summed E-state index contributed by atoms with van der Waals surface area (Å²) in [5, 5.41) is 4.18. The molecular formula is C17H19BrClN. The van der Waals surface area contributed by atoms with Gasteiger partial charge in [-0.15, -0.1) is 0 Å². The van der Waals surface area contributed by atoms with Crippen LogP contribution >= 0.6 is 27.5 Å². The molecule has 0 saturated carbocycles. The summed E-state index contributed by atoms with van der Waals surface area (Å²) in [6.45, 7) is 0. The summed E-state index contributed by atoms with van der Waals surface area (Å²) >= 11 is 9.86. The van der Waals surface area contributed by atoms with Gasteiger partial charge in [-0.25, -0.2) is 0 Å². The van der Waals surface area contributed by atoms with Gasteiger partial charge in [-0.2, -0.15) is 0 Å². The number of benzene rings is 2. The van der Waals surface area contributed by atoms with Gasteiger partial charge in [-0.05, 0) is 59.4 Å². The van der Waals surface area contributed by atoms with Crippen molar-refractivity contribution in [3.05, 3.63) is 69.2 Å². The highest BCUT2D eigenvalue weighted by atomic mass is 79.9. The fraction of sp³-hybridized carbons (Fsp3) is 0.294. The molecule has 0 fully saturated rings. The molecule has 0 aromatic heterocycles. The highest BCUT2D eigenvalue weighted by molar-refractivity contribution is 9.10. The number of rotatable bonds is 6. The van der Waals surface area contributed by atoms with Gasteiger partial charge in [-0.1, -0.05) is 54.1 Å². The van der Waals surface area contributed by atoms with Crippen LogP contribution < -0.4 is 5.32 Å². The van der Waals surface area contributed by atoms with Crippen molar-refractivity contribution < 1.29 is 0 Å². The van der Waals surface area contributed by atoms with E-state index in [1.165, 1.54) is 5.56 Å². The lowest BCUT2D eigenvalue weighted by Crippen LogP contribution is -2.17. The molecule has 0 spiro atoms. The van der Waals surface area contributed by atoms with Gasteiger partial charge in [0.2, 0.25) is 0 Å².